The standard InChI is InChI=1S/5O.Pt. The van der Waals surface area contributed by atoms with Gasteiger partial charge in [0, 0.05) is 0 Å². The molecule has 0 saturated carbocycles. The molecule has 0 amide bonds. The van der Waals surface area contributed by atoms with Gasteiger partial charge in [-0.2, -0.15) is 0 Å². The monoisotopic (exact) mass is 275 g/mol. The zero-order valence-corrected chi connectivity index (χ0v) is 4.63. The summed E-state index contributed by atoms with van der Waals surface area (Å²) in [6.45, 7) is 0. The molecule has 0 radical (unpaired) electrons. The first-order chi connectivity index (χ1) is 2.24. The second-order valence-corrected chi connectivity index (χ2v) is 4.31. The van der Waals surface area contributed by atoms with E-state index in [-0.39, 0.29) is 0 Å². The minimum atomic E-state index is -7.80. The number of rotatable bonds is 0. The van der Waals surface area contributed by atoms with E-state index in [1.54, 1.807) is 0 Å². The first-order valence-corrected chi connectivity index (χ1v) is 5.28. The Kier molecular flexibility index (Phi) is 0.644. The molecule has 0 spiro atoms. The molecule has 6 heteroatoms. The van der Waals surface area contributed by atoms with Gasteiger partial charge in [-0.15, -0.1) is 0 Å². The molecule has 0 aromatic carbocycles. The van der Waals surface area contributed by atoms with E-state index in [0.717, 1.165) is 0 Å². The Morgan fingerprint density at radius 2 is 0.667 bits per heavy atom. The Morgan fingerprint density at radius 1 is 0.667 bits per heavy atom. The maximum atomic E-state index is 8.64. The van der Waals surface area contributed by atoms with Gasteiger partial charge >= 0.3 is 31.6 Å². The molecule has 40 valence electrons. The van der Waals surface area contributed by atoms with Crippen LogP contribution in [0.15, 0.2) is 0 Å². The van der Waals surface area contributed by atoms with E-state index in [0.29, 0.717) is 0 Å². The molecule has 0 aliphatic heterocycles. The summed E-state index contributed by atoms with van der Waals surface area (Å²) in [6, 6.07) is 0. The average molecular weight is 275 g/mol. The molecule has 0 atom stereocenters. The van der Waals surface area contributed by atoms with E-state index in [1.807, 2.05) is 0 Å². The molecule has 0 fully saturated rings. The van der Waals surface area contributed by atoms with Crippen molar-refractivity contribution in [3.63, 3.8) is 0 Å². The molecule has 0 bridgehead atoms. The molecule has 6 heavy (non-hydrogen) atoms. The van der Waals surface area contributed by atoms with Crippen molar-refractivity contribution in [2.75, 3.05) is 0 Å². The Hall–Kier alpha value is -0.312. The van der Waals surface area contributed by atoms with Gasteiger partial charge in [-0.1, -0.05) is 0 Å². The average Bonchev–Trinajstić information content (AvgIpc) is 0.650. The van der Waals surface area contributed by atoms with Crippen molar-refractivity contribution in [2.24, 2.45) is 0 Å². The molecule has 5 nitrogen and oxygen atoms in total. The third kappa shape index (κ3) is 274. The van der Waals surface area contributed by atoms with Crippen molar-refractivity contribution in [3.8, 4) is 0 Å². The van der Waals surface area contributed by atoms with Crippen LogP contribution in [-0.4, -0.2) is 0 Å². The van der Waals surface area contributed by atoms with Crippen LogP contribution in [0.3, 0.4) is 0 Å². The topological polar surface area (TPSA) is 85.3 Å². The van der Waals surface area contributed by atoms with Gasteiger partial charge in [-0.3, -0.25) is 0 Å². The van der Waals surface area contributed by atoms with Crippen LogP contribution in [0.2, 0.25) is 0 Å². The van der Waals surface area contributed by atoms with Crippen molar-refractivity contribution in [1.82, 2.24) is 0 Å². The fourth-order valence-corrected chi connectivity index (χ4v) is 0. The Balaban J connectivity index is 7.45. The van der Waals surface area contributed by atoms with Crippen LogP contribution >= 0.6 is 0 Å². The molecule has 0 heterocycles. The number of hydrogen-bond donors (Lipinski definition) is 0. The molecule has 0 unspecified atom stereocenters. The summed E-state index contributed by atoms with van der Waals surface area (Å²) >= 11 is -7.80. The van der Waals surface area contributed by atoms with E-state index in [1.165, 1.54) is 0 Å². The first-order valence-electron chi connectivity index (χ1n) is 0.645. The van der Waals surface area contributed by atoms with Gasteiger partial charge in [0.05, 0.1) is 0 Å². The number of hydrogen-bond acceptors (Lipinski definition) is 5. The summed E-state index contributed by atoms with van der Waals surface area (Å²) in [5.41, 5.74) is 0. The van der Waals surface area contributed by atoms with Crippen LogP contribution in [0.25, 0.3) is 0 Å². The molecule has 0 aliphatic carbocycles. The molecule has 0 aromatic rings. The Bertz CT molecular complexity index is 274. The van der Waals surface area contributed by atoms with Crippen LogP contribution < -0.4 is 0 Å². The van der Waals surface area contributed by atoms with Gasteiger partial charge in [0.15, 0.2) is 0 Å². The van der Waals surface area contributed by atoms with E-state index in [4.69, 9.17) is 17.0 Å². The SMILES string of the molecule is [O]=[Pt](=[O])(=[O])(=[O])=[O]. The van der Waals surface area contributed by atoms with Crippen molar-refractivity contribution in [1.29, 1.82) is 0 Å². The van der Waals surface area contributed by atoms with Crippen LogP contribution in [0.1, 0.15) is 0 Å². The minimum absolute atomic E-state index is 7.80. The summed E-state index contributed by atoms with van der Waals surface area (Å²) < 4.78 is 43.2. The quantitative estimate of drug-likeness (QED) is 0.589. The van der Waals surface area contributed by atoms with E-state index >= 15 is 0 Å². The van der Waals surface area contributed by atoms with E-state index in [2.05, 4.69) is 0 Å². The second kappa shape index (κ2) is 0.679. The van der Waals surface area contributed by atoms with Gasteiger partial charge in [0.1, 0.15) is 0 Å². The molecule has 0 saturated heterocycles. The molecule has 0 rings (SSSR count). The Morgan fingerprint density at radius 3 is 0.667 bits per heavy atom. The van der Waals surface area contributed by atoms with Crippen LogP contribution in [0, 0.1) is 0 Å². The van der Waals surface area contributed by atoms with Crippen molar-refractivity contribution in [3.05, 3.63) is 0 Å². The summed E-state index contributed by atoms with van der Waals surface area (Å²) in [5.74, 6) is 0. The van der Waals surface area contributed by atoms with Crippen molar-refractivity contribution < 1.29 is 31.6 Å². The van der Waals surface area contributed by atoms with Gasteiger partial charge in [-0.05, 0) is 0 Å². The van der Waals surface area contributed by atoms with Gasteiger partial charge in [-0.25, -0.2) is 0 Å². The zero-order chi connectivity index (χ0) is 5.45. The first kappa shape index (κ1) is 5.69. The van der Waals surface area contributed by atoms with E-state index in [9.17, 15) is 0 Å². The third-order valence-electron chi connectivity index (χ3n) is 0. The summed E-state index contributed by atoms with van der Waals surface area (Å²) in [5, 5.41) is 0. The van der Waals surface area contributed by atoms with Crippen LogP contribution in [0.4, 0.5) is 0 Å². The van der Waals surface area contributed by atoms with Gasteiger partial charge in [0.2, 0.25) is 0 Å². The van der Waals surface area contributed by atoms with Gasteiger partial charge < -0.3 is 0 Å². The summed E-state index contributed by atoms with van der Waals surface area (Å²) in [4.78, 5) is 0. The van der Waals surface area contributed by atoms with E-state index < -0.39 is 14.6 Å². The third-order valence-corrected chi connectivity index (χ3v) is 0. The molecule has 0 N–H and O–H groups in total. The summed E-state index contributed by atoms with van der Waals surface area (Å²) in [6.07, 6.45) is 0. The predicted molar refractivity (Wildman–Crippen MR) is 3.43 cm³/mol. The van der Waals surface area contributed by atoms with Crippen LogP contribution in [0.5, 0.6) is 0 Å². The molecular formula is O5Pt. The maximum absolute atomic E-state index is 8.64. The van der Waals surface area contributed by atoms with Crippen molar-refractivity contribution in [2.45, 2.75) is 0 Å². The Labute approximate surface area is 32.3 Å². The zero-order valence-electron chi connectivity index (χ0n) is 2.36. The molecular weight excluding hydrogens is 275 g/mol. The molecule has 0 aromatic heterocycles. The fourth-order valence-electron chi connectivity index (χ4n) is 0. The normalized spacial score (nSPS) is 18.3. The van der Waals surface area contributed by atoms with Crippen LogP contribution in [-0.2, 0) is 31.6 Å². The molecule has 0 aliphatic rings. The second-order valence-electron chi connectivity index (χ2n) is 0.527. The van der Waals surface area contributed by atoms with Crippen molar-refractivity contribution >= 4 is 0 Å². The summed E-state index contributed by atoms with van der Waals surface area (Å²) in [7, 11) is 0. The predicted octanol–water partition coefficient (Wildman–Crippen LogP) is -0.597. The fraction of sp³-hybridized carbons (Fsp3) is 0. The van der Waals surface area contributed by atoms with Gasteiger partial charge in [0.25, 0.3) is 0 Å².